The molecule has 1 aliphatic rings. The van der Waals surface area contributed by atoms with Crippen molar-refractivity contribution in [1.82, 2.24) is 16.3 Å². The molecule has 0 bridgehead atoms. The number of benzene rings is 2. The quantitative estimate of drug-likeness (QED) is 0.436. The third-order valence-corrected chi connectivity index (χ3v) is 4.60. The van der Waals surface area contributed by atoms with E-state index in [4.69, 9.17) is 4.74 Å². The summed E-state index contributed by atoms with van der Waals surface area (Å²) in [5.74, 6) is 0.748. The maximum absolute atomic E-state index is 12.4. The molecule has 0 aromatic heterocycles. The topological polar surface area (TPSA) is 95.0 Å². The zero-order valence-corrected chi connectivity index (χ0v) is 16.1. The van der Waals surface area contributed by atoms with Gasteiger partial charge in [0.1, 0.15) is 17.5 Å². The number of carbonyl (C=O) groups excluding carboxylic acids is 1. The van der Waals surface area contributed by atoms with E-state index in [0.29, 0.717) is 24.3 Å². The van der Waals surface area contributed by atoms with Gasteiger partial charge in [-0.1, -0.05) is 31.2 Å². The summed E-state index contributed by atoms with van der Waals surface area (Å²) in [6, 6.07) is 14.4. The third-order valence-electron chi connectivity index (χ3n) is 4.60. The van der Waals surface area contributed by atoms with Gasteiger partial charge in [-0.25, -0.2) is 16.3 Å². The number of carbonyl (C=O) groups is 1. The smallest absolute Gasteiger partial charge is 0.258 e. The number of ether oxygens (including phenoxy) is 1. The maximum Gasteiger partial charge on any atom is 0.258 e. The number of phenolic OH excluding ortho intramolecular Hbond substituents is 1. The molecule has 0 spiro atoms. The zero-order valence-electron chi connectivity index (χ0n) is 16.1. The number of hydrazone groups is 1. The molecule has 148 valence electrons. The minimum Gasteiger partial charge on any atom is -0.507 e. The number of nitrogens with zero attached hydrogens (tertiary/aromatic N) is 1. The second-order valence-corrected chi connectivity index (χ2v) is 6.74. The molecule has 2 unspecified atom stereocenters. The lowest BCUT2D eigenvalue weighted by molar-refractivity contribution is -0.122. The minimum absolute atomic E-state index is 0.0271. The highest BCUT2D eigenvalue weighted by molar-refractivity contribution is 6.01. The van der Waals surface area contributed by atoms with Crippen LogP contribution in [0.3, 0.4) is 0 Å². The molecule has 3 rings (SSSR count). The van der Waals surface area contributed by atoms with Gasteiger partial charge in [0.2, 0.25) is 0 Å². The Bertz CT molecular complexity index is 836. The SMILES string of the molecule is CCCOc1ccc(C2CC(C(=O)N/N=C(\C)c3ccccc3O)NN2)cc1. The molecule has 2 atom stereocenters. The number of amides is 1. The van der Waals surface area contributed by atoms with Crippen LogP contribution in [0.4, 0.5) is 0 Å². The molecule has 7 heteroatoms. The van der Waals surface area contributed by atoms with Crippen LogP contribution >= 0.6 is 0 Å². The molecular formula is C21H26N4O3. The van der Waals surface area contributed by atoms with E-state index in [1.54, 1.807) is 25.1 Å². The molecule has 4 N–H and O–H groups in total. The van der Waals surface area contributed by atoms with Gasteiger partial charge in [-0.15, -0.1) is 0 Å². The largest absolute Gasteiger partial charge is 0.507 e. The lowest BCUT2D eigenvalue weighted by atomic mass is 10.0. The van der Waals surface area contributed by atoms with Gasteiger partial charge in [-0.3, -0.25) is 4.79 Å². The number of hydrogen-bond acceptors (Lipinski definition) is 6. The lowest BCUT2D eigenvalue weighted by Gasteiger charge is -2.11. The van der Waals surface area contributed by atoms with Crippen molar-refractivity contribution in [2.45, 2.75) is 38.8 Å². The van der Waals surface area contributed by atoms with E-state index < -0.39 is 6.04 Å². The Hall–Kier alpha value is -2.90. The first-order valence-electron chi connectivity index (χ1n) is 9.44. The van der Waals surface area contributed by atoms with Crippen LogP contribution in [0.1, 0.15) is 43.9 Å². The Morgan fingerprint density at radius 1 is 1.21 bits per heavy atom. The molecule has 7 nitrogen and oxygen atoms in total. The Kier molecular flexibility index (Phi) is 6.62. The first-order chi connectivity index (χ1) is 13.6. The number of hydrogen-bond donors (Lipinski definition) is 4. The van der Waals surface area contributed by atoms with E-state index in [-0.39, 0.29) is 17.7 Å². The summed E-state index contributed by atoms with van der Waals surface area (Å²) in [6.07, 6.45) is 1.57. The highest BCUT2D eigenvalue weighted by Gasteiger charge is 2.30. The Balaban J connectivity index is 1.55. The summed E-state index contributed by atoms with van der Waals surface area (Å²) in [4.78, 5) is 12.4. The van der Waals surface area contributed by atoms with E-state index in [9.17, 15) is 9.90 Å². The molecule has 28 heavy (non-hydrogen) atoms. The van der Waals surface area contributed by atoms with Crippen molar-refractivity contribution in [3.8, 4) is 11.5 Å². The van der Waals surface area contributed by atoms with Crippen molar-refractivity contribution in [3.63, 3.8) is 0 Å². The van der Waals surface area contributed by atoms with Crippen molar-refractivity contribution < 1.29 is 14.6 Å². The predicted octanol–water partition coefficient (Wildman–Crippen LogP) is 2.63. The second kappa shape index (κ2) is 9.34. The van der Waals surface area contributed by atoms with E-state index in [0.717, 1.165) is 17.7 Å². The van der Waals surface area contributed by atoms with Crippen molar-refractivity contribution in [2.24, 2.45) is 5.10 Å². The molecule has 2 aromatic carbocycles. The summed E-state index contributed by atoms with van der Waals surface area (Å²) in [7, 11) is 0. The summed E-state index contributed by atoms with van der Waals surface area (Å²) < 4.78 is 5.60. The second-order valence-electron chi connectivity index (χ2n) is 6.74. The van der Waals surface area contributed by atoms with Gasteiger partial charge >= 0.3 is 0 Å². The van der Waals surface area contributed by atoms with Gasteiger partial charge in [0.25, 0.3) is 5.91 Å². The number of aromatic hydroxyl groups is 1. The van der Waals surface area contributed by atoms with Crippen molar-refractivity contribution in [3.05, 3.63) is 59.7 Å². The third kappa shape index (κ3) is 4.88. The van der Waals surface area contributed by atoms with Crippen LogP contribution in [-0.4, -0.2) is 29.4 Å². The molecular weight excluding hydrogens is 356 g/mol. The van der Waals surface area contributed by atoms with Gasteiger partial charge in [0.05, 0.1) is 12.3 Å². The fourth-order valence-electron chi connectivity index (χ4n) is 3.02. The van der Waals surface area contributed by atoms with Gasteiger partial charge in [-0.2, -0.15) is 5.10 Å². The number of rotatable bonds is 7. The van der Waals surface area contributed by atoms with Crippen molar-refractivity contribution in [2.75, 3.05) is 6.61 Å². The van der Waals surface area contributed by atoms with Crippen molar-refractivity contribution >= 4 is 11.6 Å². The number of para-hydroxylation sites is 1. The zero-order chi connectivity index (χ0) is 19.9. The van der Waals surface area contributed by atoms with Crippen LogP contribution in [0.2, 0.25) is 0 Å². The van der Waals surface area contributed by atoms with Crippen LogP contribution in [0.25, 0.3) is 0 Å². The standard InChI is InChI=1S/C21H26N4O3/c1-3-12-28-16-10-8-15(9-11-16)18-13-19(24-23-18)21(27)25-22-14(2)17-6-4-5-7-20(17)26/h4-11,18-19,23-24,26H,3,12-13H2,1-2H3,(H,25,27)/b22-14+. The van der Waals surface area contributed by atoms with Crippen LogP contribution in [-0.2, 0) is 4.79 Å². The normalized spacial score (nSPS) is 19.4. The fraction of sp³-hybridized carbons (Fsp3) is 0.333. The van der Waals surface area contributed by atoms with Crippen LogP contribution in [0.5, 0.6) is 11.5 Å². The van der Waals surface area contributed by atoms with Crippen molar-refractivity contribution in [1.29, 1.82) is 0 Å². The molecule has 1 aliphatic heterocycles. The van der Waals surface area contributed by atoms with Crippen LogP contribution in [0.15, 0.2) is 53.6 Å². The maximum atomic E-state index is 12.4. The monoisotopic (exact) mass is 382 g/mol. The number of nitrogens with one attached hydrogen (secondary N) is 3. The van der Waals surface area contributed by atoms with Crippen LogP contribution < -0.4 is 21.0 Å². The molecule has 1 saturated heterocycles. The summed E-state index contributed by atoms with van der Waals surface area (Å²) in [5.41, 5.74) is 11.0. The van der Waals surface area contributed by atoms with Gasteiger partial charge < -0.3 is 9.84 Å². The lowest BCUT2D eigenvalue weighted by Crippen LogP contribution is -2.41. The fourth-order valence-corrected chi connectivity index (χ4v) is 3.02. The highest BCUT2D eigenvalue weighted by Crippen LogP contribution is 2.24. The Morgan fingerprint density at radius 3 is 2.68 bits per heavy atom. The average molecular weight is 382 g/mol. The molecule has 0 radical (unpaired) electrons. The molecule has 1 amide bonds. The highest BCUT2D eigenvalue weighted by atomic mass is 16.5. The van der Waals surface area contributed by atoms with E-state index in [1.165, 1.54) is 0 Å². The molecule has 0 aliphatic carbocycles. The van der Waals surface area contributed by atoms with E-state index in [2.05, 4.69) is 28.3 Å². The Labute approximate surface area is 164 Å². The first-order valence-corrected chi connectivity index (χ1v) is 9.44. The van der Waals surface area contributed by atoms with E-state index in [1.807, 2.05) is 30.3 Å². The average Bonchev–Trinajstić information content (AvgIpc) is 3.21. The molecule has 1 fully saturated rings. The summed E-state index contributed by atoms with van der Waals surface area (Å²) in [6.45, 7) is 4.51. The summed E-state index contributed by atoms with van der Waals surface area (Å²) in [5, 5.41) is 14.0. The molecule has 1 heterocycles. The van der Waals surface area contributed by atoms with E-state index >= 15 is 0 Å². The van der Waals surface area contributed by atoms with Gasteiger partial charge in [-0.05, 0) is 49.6 Å². The summed E-state index contributed by atoms with van der Waals surface area (Å²) >= 11 is 0. The minimum atomic E-state index is -0.401. The van der Waals surface area contributed by atoms with Crippen LogP contribution in [0, 0.1) is 0 Å². The predicted molar refractivity (Wildman–Crippen MR) is 108 cm³/mol. The number of hydrazine groups is 1. The van der Waals surface area contributed by atoms with Gasteiger partial charge in [0.15, 0.2) is 0 Å². The molecule has 0 saturated carbocycles. The Morgan fingerprint density at radius 2 is 1.96 bits per heavy atom. The molecule has 2 aromatic rings. The first kappa shape index (κ1) is 19.9. The number of phenols is 1. The van der Waals surface area contributed by atoms with Gasteiger partial charge in [0, 0.05) is 11.6 Å².